The van der Waals surface area contributed by atoms with E-state index in [2.05, 4.69) is 25.8 Å². The van der Waals surface area contributed by atoms with Gasteiger partial charge in [-0.1, -0.05) is 17.3 Å². The molecule has 0 radical (unpaired) electrons. The Morgan fingerprint density at radius 3 is 2.80 bits per heavy atom. The van der Waals surface area contributed by atoms with E-state index < -0.39 is 12.1 Å². The maximum atomic E-state index is 13.3. The smallest absolute Gasteiger partial charge is 0.293 e. The van der Waals surface area contributed by atoms with Crippen LogP contribution in [-0.2, 0) is 4.79 Å². The zero-order valence-corrected chi connectivity index (χ0v) is 18.8. The van der Waals surface area contributed by atoms with Crippen molar-refractivity contribution in [3.8, 4) is 22.8 Å². The topological polar surface area (TPSA) is 123 Å². The number of carbonyl (C=O) groups excluding carboxylic acids is 2. The molecule has 6 rings (SSSR count). The van der Waals surface area contributed by atoms with Crippen LogP contribution in [0.3, 0.4) is 0 Å². The van der Waals surface area contributed by atoms with Gasteiger partial charge in [-0.05, 0) is 55.7 Å². The molecular weight excluding hydrogens is 453 g/mol. The van der Waals surface area contributed by atoms with Gasteiger partial charge in [-0.15, -0.1) is 0 Å². The van der Waals surface area contributed by atoms with E-state index >= 15 is 0 Å². The Hall–Kier alpha value is -4.34. The summed E-state index contributed by atoms with van der Waals surface area (Å²) >= 11 is 0. The van der Waals surface area contributed by atoms with Crippen LogP contribution in [0.5, 0.6) is 0 Å². The predicted octanol–water partition coefficient (Wildman–Crippen LogP) is 4.83. The molecule has 1 saturated carbocycles. The zero-order chi connectivity index (χ0) is 24.3. The highest BCUT2D eigenvalue weighted by Gasteiger charge is 2.43. The number of rotatable bonds is 5. The number of aromatic nitrogens is 3. The van der Waals surface area contributed by atoms with E-state index in [1.54, 1.807) is 24.3 Å². The van der Waals surface area contributed by atoms with E-state index in [4.69, 9.17) is 8.94 Å². The highest BCUT2D eigenvalue weighted by atomic mass is 19.1. The third-order valence-electron chi connectivity index (χ3n) is 6.36. The van der Waals surface area contributed by atoms with E-state index in [-0.39, 0.29) is 35.3 Å². The lowest BCUT2D eigenvalue weighted by atomic mass is 10.0. The molecule has 2 amide bonds. The molecular formula is C25H20FN5O4. The number of nitrogens with zero attached hydrogens (tertiary/aromatic N) is 3. The number of halogens is 1. The first kappa shape index (κ1) is 21.2. The quantitative estimate of drug-likeness (QED) is 0.425. The second-order valence-electron chi connectivity index (χ2n) is 8.84. The van der Waals surface area contributed by atoms with Crippen LogP contribution in [0.15, 0.2) is 51.5 Å². The lowest BCUT2D eigenvalue weighted by Crippen LogP contribution is -2.12. The Morgan fingerprint density at radius 1 is 1.20 bits per heavy atom. The van der Waals surface area contributed by atoms with Crippen molar-refractivity contribution in [2.45, 2.75) is 38.3 Å². The molecule has 2 aromatic carbocycles. The minimum absolute atomic E-state index is 0.0390. The van der Waals surface area contributed by atoms with Gasteiger partial charge in [0.2, 0.25) is 29.3 Å². The summed E-state index contributed by atoms with van der Waals surface area (Å²) in [5.74, 6) is -0.189. The van der Waals surface area contributed by atoms with Crippen molar-refractivity contribution in [1.29, 1.82) is 0 Å². The molecule has 2 aliphatic rings. The summed E-state index contributed by atoms with van der Waals surface area (Å²) in [4.78, 5) is 33.3. The second kappa shape index (κ2) is 7.86. The van der Waals surface area contributed by atoms with Crippen LogP contribution < -0.4 is 10.6 Å². The number of fused-ring (bicyclic) bond motifs is 1. The van der Waals surface area contributed by atoms with Gasteiger partial charge in [0.05, 0.1) is 18.0 Å². The standard InChI is InChI=1S/C25H20FN5O4/c1-11-3-4-13(21-30-25(35-31-21)16-9-17(16)26)8-19(11)29-23(33)20-10-27-24(34-20)14-5-6-18-15(7-14)12(2)22(32)28-18/h3-8,10,12,16-17H,9H2,1-2H3,(H,28,32)(H,29,33)/t12?,16-,17-/m0/s1. The van der Waals surface area contributed by atoms with Crippen molar-refractivity contribution in [1.82, 2.24) is 15.1 Å². The van der Waals surface area contributed by atoms with Gasteiger partial charge in [-0.2, -0.15) is 4.98 Å². The van der Waals surface area contributed by atoms with Crippen LogP contribution in [0.25, 0.3) is 22.8 Å². The predicted molar refractivity (Wildman–Crippen MR) is 124 cm³/mol. The van der Waals surface area contributed by atoms with Gasteiger partial charge in [0.1, 0.15) is 6.17 Å². The van der Waals surface area contributed by atoms with Gasteiger partial charge in [0.15, 0.2) is 0 Å². The number of anilines is 2. The number of benzene rings is 2. The SMILES string of the molecule is Cc1ccc(-c2noc([C@H]3C[C@@H]3F)n2)cc1NC(=O)c1cnc(-c2ccc3c(c2)C(C)C(=O)N3)o1. The summed E-state index contributed by atoms with van der Waals surface area (Å²) < 4.78 is 24.2. The van der Waals surface area contributed by atoms with Gasteiger partial charge < -0.3 is 19.6 Å². The van der Waals surface area contributed by atoms with Gasteiger partial charge >= 0.3 is 0 Å². The van der Waals surface area contributed by atoms with Gasteiger partial charge in [0, 0.05) is 22.5 Å². The van der Waals surface area contributed by atoms with Crippen molar-refractivity contribution < 1.29 is 22.9 Å². The molecule has 0 spiro atoms. The largest absolute Gasteiger partial charge is 0.431 e. The first-order chi connectivity index (χ1) is 16.9. The minimum Gasteiger partial charge on any atom is -0.431 e. The Kier molecular flexibility index (Phi) is 4.77. The molecule has 35 heavy (non-hydrogen) atoms. The number of nitrogens with one attached hydrogen (secondary N) is 2. The second-order valence-corrected chi connectivity index (χ2v) is 8.84. The average molecular weight is 473 g/mol. The van der Waals surface area contributed by atoms with Crippen molar-refractivity contribution in [2.24, 2.45) is 0 Å². The van der Waals surface area contributed by atoms with E-state index in [9.17, 15) is 14.0 Å². The van der Waals surface area contributed by atoms with Gasteiger partial charge in [-0.3, -0.25) is 9.59 Å². The van der Waals surface area contributed by atoms with Crippen LogP contribution in [-0.4, -0.2) is 33.1 Å². The first-order valence-electron chi connectivity index (χ1n) is 11.2. The summed E-state index contributed by atoms with van der Waals surface area (Å²) in [6, 6.07) is 10.8. The van der Waals surface area contributed by atoms with Gasteiger partial charge in [0.25, 0.3) is 5.91 Å². The normalized spacial score (nSPS) is 20.4. The summed E-state index contributed by atoms with van der Waals surface area (Å²) in [7, 11) is 0. The third-order valence-corrected chi connectivity index (χ3v) is 6.36. The van der Waals surface area contributed by atoms with E-state index in [0.29, 0.717) is 29.1 Å². The molecule has 1 aliphatic carbocycles. The van der Waals surface area contributed by atoms with Crippen LogP contribution in [0.4, 0.5) is 15.8 Å². The minimum atomic E-state index is -0.928. The Morgan fingerprint density at radius 2 is 2.00 bits per heavy atom. The Labute approximate surface area is 198 Å². The highest BCUT2D eigenvalue weighted by Crippen LogP contribution is 2.43. The van der Waals surface area contributed by atoms with E-state index in [1.165, 1.54) is 6.20 Å². The highest BCUT2D eigenvalue weighted by molar-refractivity contribution is 6.04. The summed E-state index contributed by atoms with van der Waals surface area (Å²) in [5.41, 5.74) is 4.29. The molecule has 3 atom stereocenters. The molecule has 1 aliphatic heterocycles. The van der Waals surface area contributed by atoms with Crippen molar-refractivity contribution >= 4 is 23.2 Å². The summed E-state index contributed by atoms with van der Waals surface area (Å²) in [6.07, 6.45) is 0.829. The van der Waals surface area contributed by atoms with Gasteiger partial charge in [-0.25, -0.2) is 9.37 Å². The molecule has 2 aromatic heterocycles. The third kappa shape index (κ3) is 3.76. The molecule has 0 bridgehead atoms. The summed E-state index contributed by atoms with van der Waals surface area (Å²) in [5, 5.41) is 9.60. The fourth-order valence-electron chi connectivity index (χ4n) is 4.06. The lowest BCUT2D eigenvalue weighted by Gasteiger charge is -2.08. The Bertz CT molecular complexity index is 1490. The van der Waals surface area contributed by atoms with E-state index in [0.717, 1.165) is 16.8 Å². The Balaban J connectivity index is 1.21. The van der Waals surface area contributed by atoms with Crippen molar-refractivity contribution in [2.75, 3.05) is 10.6 Å². The molecule has 2 N–H and O–H groups in total. The molecule has 0 saturated heterocycles. The van der Waals surface area contributed by atoms with Crippen molar-refractivity contribution in [3.63, 3.8) is 0 Å². The number of hydrogen-bond acceptors (Lipinski definition) is 7. The first-order valence-corrected chi connectivity index (χ1v) is 11.2. The molecule has 4 aromatic rings. The molecule has 10 heteroatoms. The molecule has 1 unspecified atom stereocenters. The van der Waals surface area contributed by atoms with Crippen LogP contribution in [0, 0.1) is 6.92 Å². The maximum Gasteiger partial charge on any atom is 0.293 e. The molecule has 3 heterocycles. The number of alkyl halides is 1. The monoisotopic (exact) mass is 473 g/mol. The van der Waals surface area contributed by atoms with Crippen LogP contribution in [0.1, 0.15) is 52.8 Å². The number of oxazole rings is 1. The summed E-state index contributed by atoms with van der Waals surface area (Å²) in [6.45, 7) is 3.68. The van der Waals surface area contributed by atoms with Crippen LogP contribution >= 0.6 is 0 Å². The maximum absolute atomic E-state index is 13.3. The number of hydrogen-bond donors (Lipinski definition) is 2. The molecule has 9 nitrogen and oxygen atoms in total. The molecule has 176 valence electrons. The number of amides is 2. The zero-order valence-electron chi connectivity index (χ0n) is 18.8. The fraction of sp³-hybridized carbons (Fsp3) is 0.240. The number of carbonyl (C=O) groups is 2. The van der Waals surface area contributed by atoms with E-state index in [1.807, 2.05) is 26.0 Å². The number of aryl methyl sites for hydroxylation is 1. The van der Waals surface area contributed by atoms with Crippen molar-refractivity contribution in [3.05, 3.63) is 65.4 Å². The average Bonchev–Trinajstić information content (AvgIpc) is 3.24. The van der Waals surface area contributed by atoms with Crippen LogP contribution in [0.2, 0.25) is 0 Å². The lowest BCUT2D eigenvalue weighted by molar-refractivity contribution is -0.116. The fourth-order valence-corrected chi connectivity index (χ4v) is 4.06. The molecule has 1 fully saturated rings.